The third kappa shape index (κ3) is 2.05. The second-order valence-corrected chi connectivity index (χ2v) is 5.18. The van der Waals surface area contributed by atoms with Crippen LogP contribution in [0.25, 0.3) is 0 Å². The lowest BCUT2D eigenvalue weighted by Gasteiger charge is -1.95. The molecular formula is C17H14O3. The van der Waals surface area contributed by atoms with Crippen LogP contribution in [0.1, 0.15) is 23.3 Å². The van der Waals surface area contributed by atoms with E-state index in [1.54, 1.807) is 0 Å². The number of Topliss-reactive ketones (excluding diaryl/α,β-unsaturated/α-hetero) is 1. The van der Waals surface area contributed by atoms with Crippen molar-refractivity contribution in [3.05, 3.63) is 71.8 Å². The maximum atomic E-state index is 12.3. The molecule has 20 heavy (non-hydrogen) atoms. The van der Waals surface area contributed by atoms with Crippen molar-refractivity contribution in [3.63, 3.8) is 0 Å². The summed E-state index contributed by atoms with van der Waals surface area (Å²) in [6, 6.07) is 19.7. The molecule has 0 radical (unpaired) electrons. The lowest BCUT2D eigenvalue weighted by molar-refractivity contribution is -0.121. The molecule has 0 aromatic heterocycles. The van der Waals surface area contributed by atoms with Crippen molar-refractivity contribution in [1.29, 1.82) is 0 Å². The van der Waals surface area contributed by atoms with Gasteiger partial charge in [-0.3, -0.25) is 4.79 Å². The topological polar surface area (TPSA) is 42.1 Å². The Bertz CT molecular complexity index is 568. The minimum Gasteiger partial charge on any atom is -0.356 e. The fourth-order valence-electron chi connectivity index (χ4n) is 2.61. The van der Waals surface area contributed by atoms with E-state index < -0.39 is 0 Å². The molecule has 0 saturated carbocycles. The molecule has 2 heterocycles. The lowest BCUT2D eigenvalue weighted by Crippen LogP contribution is -2.15. The van der Waals surface area contributed by atoms with E-state index in [9.17, 15) is 4.79 Å². The van der Waals surface area contributed by atoms with E-state index in [1.165, 1.54) is 0 Å². The van der Waals surface area contributed by atoms with Gasteiger partial charge in [-0.15, -0.1) is 0 Å². The van der Waals surface area contributed by atoms with Crippen LogP contribution in [0.5, 0.6) is 0 Å². The monoisotopic (exact) mass is 266 g/mol. The highest BCUT2D eigenvalue weighted by atomic mass is 16.6. The van der Waals surface area contributed by atoms with Crippen molar-refractivity contribution in [3.8, 4) is 0 Å². The molecule has 2 aliphatic heterocycles. The third-order valence-corrected chi connectivity index (χ3v) is 3.80. The summed E-state index contributed by atoms with van der Waals surface area (Å²) in [6.45, 7) is 0. The molecule has 0 spiro atoms. The molecule has 0 N–H and O–H groups in total. The molecule has 3 nitrogen and oxygen atoms in total. The molecule has 2 aliphatic rings. The summed E-state index contributed by atoms with van der Waals surface area (Å²) in [4.78, 5) is 12.3. The van der Waals surface area contributed by atoms with Gasteiger partial charge in [0.15, 0.2) is 5.78 Å². The van der Waals surface area contributed by atoms with Crippen LogP contribution in [-0.2, 0) is 14.3 Å². The summed E-state index contributed by atoms with van der Waals surface area (Å²) in [7, 11) is 0. The van der Waals surface area contributed by atoms with Gasteiger partial charge in [0, 0.05) is 0 Å². The predicted octanol–water partition coefficient (Wildman–Crippen LogP) is 2.84. The van der Waals surface area contributed by atoms with Gasteiger partial charge in [-0.2, -0.15) is 0 Å². The van der Waals surface area contributed by atoms with E-state index in [0.29, 0.717) is 0 Å². The second kappa shape index (κ2) is 4.54. The van der Waals surface area contributed by atoms with Gasteiger partial charge in [-0.25, -0.2) is 0 Å². The maximum Gasteiger partial charge on any atom is 0.196 e. The molecule has 2 aromatic carbocycles. The maximum absolute atomic E-state index is 12.3. The summed E-state index contributed by atoms with van der Waals surface area (Å²) in [5.41, 5.74) is 2.12. The standard InChI is InChI=1S/C17H14O3/c18-13(16-14(19-16)11-7-3-1-4-8-11)17-15(20-17)12-9-5-2-6-10-12/h1-10,14-17H. The average Bonchev–Trinajstić information content (AvgIpc) is 3.40. The van der Waals surface area contributed by atoms with Crippen LogP contribution in [0.4, 0.5) is 0 Å². The van der Waals surface area contributed by atoms with Crippen molar-refractivity contribution >= 4 is 5.78 Å². The minimum atomic E-state index is -0.337. The Hall–Kier alpha value is -1.97. The van der Waals surface area contributed by atoms with E-state index in [1.807, 2.05) is 60.7 Å². The summed E-state index contributed by atoms with van der Waals surface area (Å²) in [5.74, 6) is 0.0627. The van der Waals surface area contributed by atoms with Crippen molar-refractivity contribution in [1.82, 2.24) is 0 Å². The molecule has 100 valence electrons. The molecule has 0 bridgehead atoms. The summed E-state index contributed by atoms with van der Waals surface area (Å²) in [5, 5.41) is 0. The Kier molecular flexibility index (Phi) is 2.69. The summed E-state index contributed by atoms with van der Waals surface area (Å²) in [6.07, 6.45) is -0.860. The SMILES string of the molecule is O=C(C1OC1c1ccccc1)C1OC1c1ccccc1. The molecule has 4 unspecified atom stereocenters. The smallest absolute Gasteiger partial charge is 0.196 e. The first-order valence-electron chi connectivity index (χ1n) is 6.79. The van der Waals surface area contributed by atoms with Gasteiger partial charge in [0.1, 0.15) is 24.4 Å². The van der Waals surface area contributed by atoms with E-state index in [2.05, 4.69) is 0 Å². The van der Waals surface area contributed by atoms with Gasteiger partial charge < -0.3 is 9.47 Å². The first-order chi connectivity index (χ1) is 9.84. The summed E-state index contributed by atoms with van der Waals surface area (Å²) >= 11 is 0. The molecular weight excluding hydrogens is 252 g/mol. The van der Waals surface area contributed by atoms with E-state index in [0.717, 1.165) is 11.1 Å². The van der Waals surface area contributed by atoms with Crippen LogP contribution >= 0.6 is 0 Å². The highest BCUT2D eigenvalue weighted by Crippen LogP contribution is 2.46. The van der Waals surface area contributed by atoms with Crippen LogP contribution in [0.3, 0.4) is 0 Å². The number of hydrogen-bond donors (Lipinski definition) is 0. The number of rotatable bonds is 4. The van der Waals surface area contributed by atoms with Crippen LogP contribution < -0.4 is 0 Å². The van der Waals surface area contributed by atoms with Gasteiger partial charge in [0.25, 0.3) is 0 Å². The van der Waals surface area contributed by atoms with Crippen molar-refractivity contribution in [2.24, 2.45) is 0 Å². The quantitative estimate of drug-likeness (QED) is 0.799. The zero-order valence-corrected chi connectivity index (χ0v) is 10.8. The van der Waals surface area contributed by atoms with E-state index in [4.69, 9.17) is 9.47 Å². The normalized spacial score (nSPS) is 30.8. The highest BCUT2D eigenvalue weighted by Gasteiger charge is 2.56. The largest absolute Gasteiger partial charge is 0.356 e. The van der Waals surface area contributed by atoms with Gasteiger partial charge in [0.05, 0.1) is 0 Å². The molecule has 2 saturated heterocycles. The number of benzene rings is 2. The molecule has 4 rings (SSSR count). The molecule has 2 aromatic rings. The first kappa shape index (κ1) is 11.8. The fraction of sp³-hybridized carbons (Fsp3) is 0.235. The van der Waals surface area contributed by atoms with Gasteiger partial charge >= 0.3 is 0 Å². The van der Waals surface area contributed by atoms with Gasteiger partial charge in [-0.1, -0.05) is 60.7 Å². The Labute approximate surface area is 117 Å². The van der Waals surface area contributed by atoms with Crippen LogP contribution in [-0.4, -0.2) is 18.0 Å². The minimum absolute atomic E-state index is 0.0627. The van der Waals surface area contributed by atoms with Crippen LogP contribution in [0.15, 0.2) is 60.7 Å². The molecule has 0 amide bonds. The number of epoxide rings is 2. The molecule has 3 heteroatoms. The van der Waals surface area contributed by atoms with Crippen molar-refractivity contribution in [2.45, 2.75) is 24.4 Å². The zero-order valence-electron chi connectivity index (χ0n) is 10.8. The fourth-order valence-corrected chi connectivity index (χ4v) is 2.61. The second-order valence-electron chi connectivity index (χ2n) is 5.18. The highest BCUT2D eigenvalue weighted by molar-refractivity contribution is 5.92. The van der Waals surface area contributed by atoms with Gasteiger partial charge in [0.2, 0.25) is 0 Å². The molecule has 4 atom stereocenters. The first-order valence-corrected chi connectivity index (χ1v) is 6.79. The lowest BCUT2D eigenvalue weighted by atomic mass is 10.0. The number of carbonyl (C=O) groups excluding carboxylic acids is 1. The Morgan fingerprint density at radius 3 is 1.50 bits per heavy atom. The zero-order chi connectivity index (χ0) is 13.5. The third-order valence-electron chi connectivity index (χ3n) is 3.80. The van der Waals surface area contributed by atoms with E-state index in [-0.39, 0.29) is 30.2 Å². The van der Waals surface area contributed by atoms with E-state index >= 15 is 0 Å². The average molecular weight is 266 g/mol. The number of ketones is 1. The van der Waals surface area contributed by atoms with Crippen LogP contribution in [0, 0.1) is 0 Å². The molecule has 0 aliphatic carbocycles. The van der Waals surface area contributed by atoms with Crippen molar-refractivity contribution < 1.29 is 14.3 Å². The summed E-state index contributed by atoms with van der Waals surface area (Å²) < 4.78 is 11.0. The molecule has 2 fully saturated rings. The Balaban J connectivity index is 1.42. The number of hydrogen-bond acceptors (Lipinski definition) is 3. The predicted molar refractivity (Wildman–Crippen MR) is 73.1 cm³/mol. The Morgan fingerprint density at radius 1 is 0.700 bits per heavy atom. The number of carbonyl (C=O) groups is 1. The number of ether oxygens (including phenoxy) is 2. The van der Waals surface area contributed by atoms with Crippen molar-refractivity contribution in [2.75, 3.05) is 0 Å². The van der Waals surface area contributed by atoms with Gasteiger partial charge in [-0.05, 0) is 11.1 Å². The van der Waals surface area contributed by atoms with Crippen LogP contribution in [0.2, 0.25) is 0 Å². The Morgan fingerprint density at radius 2 is 1.10 bits per heavy atom.